The molecule has 0 aromatic heterocycles. The topological polar surface area (TPSA) is 17.1 Å². The van der Waals surface area contributed by atoms with Crippen LogP contribution in [-0.4, -0.2) is 6.29 Å². The van der Waals surface area contributed by atoms with Crippen molar-refractivity contribution in [2.24, 2.45) is 0 Å². The molecule has 0 saturated heterocycles. The summed E-state index contributed by atoms with van der Waals surface area (Å²) in [5, 5.41) is 0. The Morgan fingerprint density at radius 1 is 0.833 bits per heavy atom. The third-order valence-corrected chi connectivity index (χ3v) is 2.48. The van der Waals surface area contributed by atoms with Gasteiger partial charge in [-0.2, -0.15) is 0 Å². The Balaban J connectivity index is 2.27. The maximum atomic E-state index is 13.4. The summed E-state index contributed by atoms with van der Waals surface area (Å²) < 4.78 is 26.1. The average Bonchev–Trinajstić information content (AvgIpc) is 2.40. The second kappa shape index (κ2) is 5.36. The van der Waals surface area contributed by atoms with Crippen LogP contribution in [0.3, 0.4) is 0 Å². The Labute approximate surface area is 103 Å². The number of hydrogen-bond donors (Lipinski definition) is 0. The lowest BCUT2D eigenvalue weighted by molar-refractivity contribution is 0.112. The predicted octanol–water partition coefficient (Wildman–Crippen LogP) is 3.95. The fraction of sp³-hybridized carbons (Fsp3) is 0. The lowest BCUT2D eigenvalue weighted by atomic mass is 10.1. The Kier molecular flexibility index (Phi) is 3.63. The molecule has 0 fully saturated rings. The van der Waals surface area contributed by atoms with Gasteiger partial charge in [0.25, 0.3) is 0 Å². The van der Waals surface area contributed by atoms with Crippen LogP contribution < -0.4 is 0 Å². The van der Waals surface area contributed by atoms with E-state index in [1.807, 2.05) is 0 Å². The quantitative estimate of drug-likeness (QED) is 0.590. The summed E-state index contributed by atoms with van der Waals surface area (Å²) in [4.78, 5) is 10.6. The summed E-state index contributed by atoms with van der Waals surface area (Å²) in [5.74, 6) is -0.722. The molecule has 0 amide bonds. The number of carbonyl (C=O) groups is 1. The molecule has 0 aliphatic rings. The van der Waals surface area contributed by atoms with Crippen molar-refractivity contribution >= 4 is 18.4 Å². The zero-order chi connectivity index (χ0) is 13.0. The molecule has 0 radical (unpaired) electrons. The van der Waals surface area contributed by atoms with E-state index in [0.717, 1.165) is 5.56 Å². The Morgan fingerprint density at radius 2 is 1.50 bits per heavy atom. The number of aldehydes is 1. The minimum absolute atomic E-state index is 0.318. The van der Waals surface area contributed by atoms with Crippen molar-refractivity contribution in [1.82, 2.24) is 0 Å². The van der Waals surface area contributed by atoms with Gasteiger partial charge in [-0.25, -0.2) is 8.78 Å². The number of halogens is 2. The van der Waals surface area contributed by atoms with E-state index < -0.39 is 5.82 Å². The summed E-state index contributed by atoms with van der Waals surface area (Å²) >= 11 is 0. The Morgan fingerprint density at radius 3 is 2.17 bits per heavy atom. The maximum Gasteiger partial charge on any atom is 0.150 e. The standard InChI is InChI=1S/C15H10F2O/c16-14-6-2-11(3-7-14)1-5-13-9-12(10-18)4-8-15(13)17/h1-10H/b5-1+. The van der Waals surface area contributed by atoms with Gasteiger partial charge in [-0.3, -0.25) is 4.79 Å². The number of hydrogen-bond acceptors (Lipinski definition) is 1. The number of benzene rings is 2. The molecule has 0 spiro atoms. The first-order chi connectivity index (χ1) is 8.69. The average molecular weight is 244 g/mol. The van der Waals surface area contributed by atoms with Gasteiger partial charge in [0.1, 0.15) is 17.9 Å². The van der Waals surface area contributed by atoms with E-state index in [-0.39, 0.29) is 5.82 Å². The van der Waals surface area contributed by atoms with E-state index in [9.17, 15) is 13.6 Å². The highest BCUT2D eigenvalue weighted by atomic mass is 19.1. The van der Waals surface area contributed by atoms with Crippen molar-refractivity contribution in [2.75, 3.05) is 0 Å². The largest absolute Gasteiger partial charge is 0.298 e. The molecule has 0 atom stereocenters. The van der Waals surface area contributed by atoms with Gasteiger partial charge in [-0.15, -0.1) is 0 Å². The van der Waals surface area contributed by atoms with Crippen molar-refractivity contribution < 1.29 is 13.6 Å². The van der Waals surface area contributed by atoms with Crippen LogP contribution in [0, 0.1) is 11.6 Å². The van der Waals surface area contributed by atoms with Gasteiger partial charge in [-0.05, 0) is 35.9 Å². The maximum absolute atomic E-state index is 13.4. The summed E-state index contributed by atoms with van der Waals surface area (Å²) in [7, 11) is 0. The summed E-state index contributed by atoms with van der Waals surface area (Å²) in [5.41, 5.74) is 1.49. The Bertz CT molecular complexity index is 586. The smallest absolute Gasteiger partial charge is 0.150 e. The van der Waals surface area contributed by atoms with E-state index in [0.29, 0.717) is 17.4 Å². The van der Waals surface area contributed by atoms with Crippen LogP contribution in [0.25, 0.3) is 12.2 Å². The molecule has 0 unspecified atom stereocenters. The lowest BCUT2D eigenvalue weighted by Crippen LogP contribution is -1.86. The normalized spacial score (nSPS) is 10.8. The van der Waals surface area contributed by atoms with Crippen molar-refractivity contribution in [3.63, 3.8) is 0 Å². The molecule has 0 aliphatic heterocycles. The van der Waals surface area contributed by atoms with Crippen molar-refractivity contribution in [1.29, 1.82) is 0 Å². The summed E-state index contributed by atoms with van der Waals surface area (Å²) in [6, 6.07) is 9.96. The zero-order valence-electron chi connectivity index (χ0n) is 9.44. The van der Waals surface area contributed by atoms with Gasteiger partial charge in [0.15, 0.2) is 0 Å². The van der Waals surface area contributed by atoms with E-state index in [2.05, 4.69) is 0 Å². The molecule has 0 heterocycles. The van der Waals surface area contributed by atoms with E-state index in [4.69, 9.17) is 0 Å². The molecule has 2 aromatic carbocycles. The van der Waals surface area contributed by atoms with Crippen molar-refractivity contribution in [3.8, 4) is 0 Å². The van der Waals surface area contributed by atoms with Crippen LogP contribution >= 0.6 is 0 Å². The molecule has 0 saturated carbocycles. The van der Waals surface area contributed by atoms with Crippen LogP contribution in [0.2, 0.25) is 0 Å². The lowest BCUT2D eigenvalue weighted by Gasteiger charge is -1.98. The molecule has 90 valence electrons. The third-order valence-electron chi connectivity index (χ3n) is 2.48. The summed E-state index contributed by atoms with van der Waals surface area (Å²) in [6.07, 6.45) is 3.87. The van der Waals surface area contributed by atoms with Crippen LogP contribution in [-0.2, 0) is 0 Å². The highest BCUT2D eigenvalue weighted by Gasteiger charge is 2.00. The van der Waals surface area contributed by atoms with Gasteiger partial charge in [0, 0.05) is 11.1 Å². The molecule has 0 aliphatic carbocycles. The molecular weight excluding hydrogens is 234 g/mol. The fourth-order valence-electron chi connectivity index (χ4n) is 1.52. The number of carbonyl (C=O) groups excluding carboxylic acids is 1. The second-order valence-corrected chi connectivity index (χ2v) is 3.78. The van der Waals surface area contributed by atoms with Crippen LogP contribution in [0.5, 0.6) is 0 Å². The molecule has 3 heteroatoms. The number of rotatable bonds is 3. The van der Waals surface area contributed by atoms with Gasteiger partial charge in [0.05, 0.1) is 0 Å². The van der Waals surface area contributed by atoms with Gasteiger partial charge >= 0.3 is 0 Å². The SMILES string of the molecule is O=Cc1ccc(F)c(/C=C/c2ccc(F)cc2)c1. The van der Waals surface area contributed by atoms with E-state index in [1.165, 1.54) is 30.3 Å². The zero-order valence-corrected chi connectivity index (χ0v) is 9.44. The van der Waals surface area contributed by atoms with Crippen LogP contribution in [0.15, 0.2) is 42.5 Å². The van der Waals surface area contributed by atoms with Crippen LogP contribution in [0.4, 0.5) is 8.78 Å². The predicted molar refractivity (Wildman–Crippen MR) is 67.1 cm³/mol. The monoisotopic (exact) mass is 244 g/mol. The first-order valence-corrected chi connectivity index (χ1v) is 5.37. The second-order valence-electron chi connectivity index (χ2n) is 3.78. The molecule has 18 heavy (non-hydrogen) atoms. The van der Waals surface area contributed by atoms with E-state index in [1.54, 1.807) is 24.3 Å². The molecule has 2 aromatic rings. The van der Waals surface area contributed by atoms with Gasteiger partial charge < -0.3 is 0 Å². The molecular formula is C15H10F2O. The highest BCUT2D eigenvalue weighted by molar-refractivity contribution is 5.78. The Hall–Kier alpha value is -2.29. The molecule has 0 N–H and O–H groups in total. The van der Waals surface area contributed by atoms with Crippen LogP contribution in [0.1, 0.15) is 21.5 Å². The first-order valence-electron chi connectivity index (χ1n) is 5.37. The van der Waals surface area contributed by atoms with Crippen molar-refractivity contribution in [2.45, 2.75) is 0 Å². The highest BCUT2D eigenvalue weighted by Crippen LogP contribution is 2.14. The first kappa shape index (κ1) is 12.2. The molecule has 2 rings (SSSR count). The summed E-state index contributed by atoms with van der Waals surface area (Å²) in [6.45, 7) is 0. The van der Waals surface area contributed by atoms with E-state index >= 15 is 0 Å². The minimum atomic E-state index is -0.404. The molecule has 0 bridgehead atoms. The fourth-order valence-corrected chi connectivity index (χ4v) is 1.52. The van der Waals surface area contributed by atoms with Crippen molar-refractivity contribution in [3.05, 3.63) is 70.8 Å². The van der Waals surface area contributed by atoms with Gasteiger partial charge in [-0.1, -0.05) is 24.3 Å². The molecule has 1 nitrogen and oxygen atoms in total. The minimum Gasteiger partial charge on any atom is -0.298 e. The third kappa shape index (κ3) is 2.88. The van der Waals surface area contributed by atoms with Gasteiger partial charge in [0.2, 0.25) is 0 Å².